The molecule has 0 saturated carbocycles. The summed E-state index contributed by atoms with van der Waals surface area (Å²) in [5.74, 6) is 0.638. The zero-order chi connectivity index (χ0) is 17.5. The molecule has 0 aromatic heterocycles. The Kier molecular flexibility index (Phi) is 7.02. The molecule has 1 aromatic rings. The number of aryl methyl sites for hydroxylation is 1. The van der Waals surface area contributed by atoms with Crippen molar-refractivity contribution in [2.45, 2.75) is 39.3 Å². The monoisotopic (exact) mass is 340 g/mol. The van der Waals surface area contributed by atoms with E-state index >= 15 is 0 Å². The number of hydrogen-bond donors (Lipinski definition) is 3. The first-order chi connectivity index (χ1) is 10.7. The van der Waals surface area contributed by atoms with Gasteiger partial charge in [0.2, 0.25) is 10.0 Å². The van der Waals surface area contributed by atoms with Crippen LogP contribution in [0.15, 0.2) is 29.3 Å². The molecule has 0 aliphatic rings. The number of benzene rings is 1. The van der Waals surface area contributed by atoms with Crippen molar-refractivity contribution >= 4 is 16.0 Å². The number of nitrogens with one attached hydrogen (secondary N) is 3. The summed E-state index contributed by atoms with van der Waals surface area (Å²) >= 11 is 0. The summed E-state index contributed by atoms with van der Waals surface area (Å²) < 4.78 is 25.3. The van der Waals surface area contributed by atoms with Crippen LogP contribution in [0.1, 0.15) is 31.9 Å². The van der Waals surface area contributed by atoms with Gasteiger partial charge in [0.05, 0.1) is 6.26 Å². The summed E-state index contributed by atoms with van der Waals surface area (Å²) in [5, 5.41) is 6.41. The highest BCUT2D eigenvalue weighted by atomic mass is 32.2. The van der Waals surface area contributed by atoms with Crippen LogP contribution in [0.4, 0.5) is 0 Å². The minimum absolute atomic E-state index is 0.426. The van der Waals surface area contributed by atoms with Gasteiger partial charge in [0.1, 0.15) is 0 Å². The third-order valence-electron chi connectivity index (χ3n) is 3.33. The second-order valence-corrected chi connectivity index (χ2v) is 7.91. The number of rotatable bonds is 7. The topological polar surface area (TPSA) is 82.6 Å². The fourth-order valence-corrected chi connectivity index (χ4v) is 3.39. The molecular weight excluding hydrogens is 312 g/mol. The summed E-state index contributed by atoms with van der Waals surface area (Å²) in [5.41, 5.74) is 1.92. The van der Waals surface area contributed by atoms with Crippen LogP contribution in [0, 0.1) is 0 Å². The van der Waals surface area contributed by atoms with Gasteiger partial charge in [-0.2, -0.15) is 0 Å². The predicted molar refractivity (Wildman–Crippen MR) is 96.1 cm³/mol. The van der Waals surface area contributed by atoms with Crippen LogP contribution in [-0.4, -0.2) is 39.8 Å². The van der Waals surface area contributed by atoms with Gasteiger partial charge in [0, 0.05) is 25.7 Å². The first-order valence-electron chi connectivity index (χ1n) is 7.67. The molecule has 0 aliphatic carbocycles. The zero-order valence-corrected chi connectivity index (χ0v) is 15.4. The predicted octanol–water partition coefficient (Wildman–Crippen LogP) is 1.24. The lowest BCUT2D eigenvalue weighted by molar-refractivity contribution is 0.446. The van der Waals surface area contributed by atoms with Crippen molar-refractivity contribution in [1.29, 1.82) is 0 Å². The maximum Gasteiger partial charge on any atom is 0.209 e. The van der Waals surface area contributed by atoms with Gasteiger partial charge in [-0.15, -0.1) is 0 Å². The minimum Gasteiger partial charge on any atom is -0.355 e. The third kappa shape index (κ3) is 7.47. The van der Waals surface area contributed by atoms with Gasteiger partial charge in [-0.25, -0.2) is 13.1 Å². The number of guanidine groups is 1. The highest BCUT2D eigenvalue weighted by Gasteiger charge is 2.22. The summed E-state index contributed by atoms with van der Waals surface area (Å²) in [7, 11) is -1.56. The largest absolute Gasteiger partial charge is 0.355 e. The first-order valence-corrected chi connectivity index (χ1v) is 9.56. The standard InChI is InChI=1S/C16H28N4O2S/c1-6-13-9-7-8-10-14(13)11-18-15(17-4)19-12-16(2,3)20-23(5,21)22/h7-10,20H,6,11-12H2,1-5H3,(H2,17,18,19). The van der Waals surface area contributed by atoms with Gasteiger partial charge in [0.15, 0.2) is 5.96 Å². The molecule has 0 saturated heterocycles. The molecule has 0 aliphatic heterocycles. The van der Waals surface area contributed by atoms with Crippen molar-refractivity contribution in [3.8, 4) is 0 Å². The van der Waals surface area contributed by atoms with E-state index in [2.05, 4.69) is 39.4 Å². The molecule has 0 fully saturated rings. The van der Waals surface area contributed by atoms with Crippen molar-refractivity contribution in [2.24, 2.45) is 4.99 Å². The van der Waals surface area contributed by atoms with E-state index in [9.17, 15) is 8.42 Å². The van der Waals surface area contributed by atoms with E-state index in [-0.39, 0.29) is 0 Å². The summed E-state index contributed by atoms with van der Waals surface area (Å²) in [6.45, 7) is 6.87. The van der Waals surface area contributed by atoms with Gasteiger partial charge < -0.3 is 10.6 Å². The minimum atomic E-state index is -3.25. The van der Waals surface area contributed by atoms with Crippen molar-refractivity contribution in [1.82, 2.24) is 15.4 Å². The fourth-order valence-electron chi connectivity index (χ4n) is 2.32. The highest BCUT2D eigenvalue weighted by Crippen LogP contribution is 2.09. The molecule has 6 nitrogen and oxygen atoms in total. The summed E-state index contributed by atoms with van der Waals surface area (Å²) in [6, 6.07) is 8.26. The maximum atomic E-state index is 11.4. The maximum absolute atomic E-state index is 11.4. The van der Waals surface area contributed by atoms with Crippen LogP contribution in [-0.2, 0) is 23.0 Å². The Bertz CT molecular complexity index is 639. The van der Waals surface area contributed by atoms with Crippen LogP contribution in [0.5, 0.6) is 0 Å². The van der Waals surface area contributed by atoms with Crippen molar-refractivity contribution < 1.29 is 8.42 Å². The Hall–Kier alpha value is -1.60. The third-order valence-corrected chi connectivity index (χ3v) is 4.25. The van der Waals surface area contributed by atoms with Crippen LogP contribution in [0.25, 0.3) is 0 Å². The second kappa shape index (κ2) is 8.31. The lowest BCUT2D eigenvalue weighted by atomic mass is 10.1. The van der Waals surface area contributed by atoms with Gasteiger partial charge in [-0.1, -0.05) is 31.2 Å². The average Bonchev–Trinajstić information content (AvgIpc) is 2.45. The van der Waals surface area contributed by atoms with E-state index in [0.29, 0.717) is 19.0 Å². The van der Waals surface area contributed by atoms with Crippen LogP contribution in [0.3, 0.4) is 0 Å². The first kappa shape index (κ1) is 19.4. The molecule has 0 heterocycles. The SMILES string of the molecule is CCc1ccccc1CNC(=NC)NCC(C)(C)NS(C)(=O)=O. The molecule has 0 bridgehead atoms. The van der Waals surface area contributed by atoms with E-state index in [1.807, 2.05) is 26.0 Å². The molecule has 1 rings (SSSR count). The lowest BCUT2D eigenvalue weighted by Crippen LogP contribution is -2.52. The molecule has 23 heavy (non-hydrogen) atoms. The normalized spacial score (nSPS) is 13.0. The molecule has 0 spiro atoms. The van der Waals surface area contributed by atoms with Crippen molar-refractivity contribution in [3.05, 3.63) is 35.4 Å². The Balaban J connectivity index is 2.59. The number of sulfonamides is 1. The summed E-state index contributed by atoms with van der Waals surface area (Å²) in [4.78, 5) is 4.18. The molecule has 0 unspecified atom stereocenters. The van der Waals surface area contributed by atoms with Crippen molar-refractivity contribution in [3.63, 3.8) is 0 Å². The van der Waals surface area contributed by atoms with Gasteiger partial charge in [0.25, 0.3) is 0 Å². The van der Waals surface area contributed by atoms with E-state index in [0.717, 1.165) is 12.7 Å². The molecule has 3 N–H and O–H groups in total. The molecule has 0 amide bonds. The lowest BCUT2D eigenvalue weighted by Gasteiger charge is -2.26. The van der Waals surface area contributed by atoms with Gasteiger partial charge >= 0.3 is 0 Å². The number of aliphatic imine (C=N–C) groups is 1. The molecule has 0 radical (unpaired) electrons. The van der Waals surface area contributed by atoms with Crippen molar-refractivity contribution in [2.75, 3.05) is 19.8 Å². The zero-order valence-electron chi connectivity index (χ0n) is 14.6. The number of hydrogen-bond acceptors (Lipinski definition) is 3. The Morgan fingerprint density at radius 3 is 2.30 bits per heavy atom. The van der Waals surface area contributed by atoms with E-state index < -0.39 is 15.6 Å². The summed E-state index contributed by atoms with van der Waals surface area (Å²) in [6.07, 6.45) is 2.14. The van der Waals surface area contributed by atoms with E-state index in [1.54, 1.807) is 7.05 Å². The van der Waals surface area contributed by atoms with Crippen LogP contribution < -0.4 is 15.4 Å². The molecule has 1 aromatic carbocycles. The second-order valence-electron chi connectivity index (χ2n) is 6.16. The van der Waals surface area contributed by atoms with E-state index in [4.69, 9.17) is 0 Å². The Morgan fingerprint density at radius 1 is 1.17 bits per heavy atom. The molecule has 0 atom stereocenters. The quantitative estimate of drug-likeness (QED) is 0.515. The highest BCUT2D eigenvalue weighted by molar-refractivity contribution is 7.88. The molecule has 7 heteroatoms. The van der Waals surface area contributed by atoms with E-state index in [1.165, 1.54) is 11.1 Å². The smallest absolute Gasteiger partial charge is 0.209 e. The molecular formula is C16H28N4O2S. The van der Waals surface area contributed by atoms with Crippen LogP contribution in [0.2, 0.25) is 0 Å². The van der Waals surface area contributed by atoms with Gasteiger partial charge in [-0.3, -0.25) is 4.99 Å². The van der Waals surface area contributed by atoms with Gasteiger partial charge in [-0.05, 0) is 31.4 Å². The average molecular weight is 340 g/mol. The number of nitrogens with zero attached hydrogens (tertiary/aromatic N) is 1. The molecule has 130 valence electrons. The Labute approximate surface area is 139 Å². The fraction of sp³-hybridized carbons (Fsp3) is 0.562. The Morgan fingerprint density at radius 2 is 1.78 bits per heavy atom. The van der Waals surface area contributed by atoms with Crippen LogP contribution >= 0.6 is 0 Å².